The van der Waals surface area contributed by atoms with E-state index in [1.165, 1.54) is 0 Å². The smallest absolute Gasteiger partial charge is 0.335 e. The monoisotopic (exact) mass is 1110 g/mol. The molecule has 5 aromatic carbocycles. The van der Waals surface area contributed by atoms with Crippen molar-refractivity contribution >= 4 is 58.9 Å². The Bertz CT molecular complexity index is 3060. The maximum absolute atomic E-state index is 15.0. The van der Waals surface area contributed by atoms with Gasteiger partial charge in [0.05, 0.1) is 12.0 Å². The molecule has 0 radical (unpaired) electrons. The minimum Gasteiger partial charge on any atom is -0.489 e. The molecule has 22 nitrogen and oxygen atoms in total. The fourth-order valence-electron chi connectivity index (χ4n) is 10.0. The Labute approximate surface area is 466 Å². The minimum atomic E-state index is -2.40. The first-order valence-corrected chi connectivity index (χ1v) is 26.6. The topological polar surface area (TPSA) is 331 Å². The third-order valence-corrected chi connectivity index (χ3v) is 14.4. The van der Waals surface area contributed by atoms with Crippen molar-refractivity contribution in [1.29, 1.82) is 0 Å². The molecule has 0 bridgehead atoms. The number of carbonyl (C=O) groups is 9. The van der Waals surface area contributed by atoms with Crippen molar-refractivity contribution in [3.63, 3.8) is 0 Å². The van der Waals surface area contributed by atoms with Gasteiger partial charge in [-0.3, -0.25) is 38.4 Å². The van der Waals surface area contributed by atoms with Crippen LogP contribution in [-0.2, 0) is 62.6 Å². The summed E-state index contributed by atoms with van der Waals surface area (Å²) in [4.78, 5) is 128. The first-order chi connectivity index (χ1) is 39.0. The highest BCUT2D eigenvalue weighted by molar-refractivity contribution is 6.04. The summed E-state index contributed by atoms with van der Waals surface area (Å²) in [7, 11) is 0. The predicted molar refractivity (Wildman–Crippen MR) is 291 cm³/mol. The second kappa shape index (κ2) is 27.3. The zero-order valence-electron chi connectivity index (χ0n) is 43.9. The number of carboxylic acid groups (broad SMARTS) is 1. The summed E-state index contributed by atoms with van der Waals surface area (Å²) < 4.78 is 5.99. The number of benzene rings is 5. The van der Waals surface area contributed by atoms with Gasteiger partial charge in [0, 0.05) is 38.0 Å². The molecule has 2 fully saturated rings. The van der Waals surface area contributed by atoms with Crippen LogP contribution in [-0.4, -0.2) is 140 Å². The lowest BCUT2D eigenvalue weighted by molar-refractivity contribution is -0.158. The molecule has 0 aliphatic carbocycles. The molecule has 81 heavy (non-hydrogen) atoms. The molecule has 3 heterocycles. The van der Waals surface area contributed by atoms with Crippen LogP contribution < -0.4 is 42.0 Å². The van der Waals surface area contributed by atoms with Gasteiger partial charge in [0.1, 0.15) is 48.6 Å². The second-order valence-electron chi connectivity index (χ2n) is 20.2. The van der Waals surface area contributed by atoms with Crippen LogP contribution in [0.25, 0.3) is 0 Å². The molecule has 8 amide bonds. The molecule has 0 spiro atoms. The number of carbonyl (C=O) groups excluding carboxylic acids is 8. The molecule has 3 aliphatic rings. The summed E-state index contributed by atoms with van der Waals surface area (Å²) in [5.74, 6) is -9.14. The average molecular weight is 1110 g/mol. The number of para-hydroxylation sites is 1. The van der Waals surface area contributed by atoms with Crippen LogP contribution >= 0.6 is 0 Å². The van der Waals surface area contributed by atoms with E-state index in [0.717, 1.165) is 10.5 Å². The number of fused-ring (bicyclic) bond motifs is 2. The number of amides is 8. The number of ether oxygens (including phenoxy) is 1. The highest BCUT2D eigenvalue weighted by atomic mass is 16.5. The summed E-state index contributed by atoms with van der Waals surface area (Å²) in [6, 6.07) is 30.9. The lowest BCUT2D eigenvalue weighted by atomic mass is 9.92. The quantitative estimate of drug-likeness (QED) is 0.0547. The Morgan fingerprint density at radius 1 is 0.593 bits per heavy atom. The molecule has 8 rings (SSSR count). The predicted octanol–water partition coefficient (Wildman–Crippen LogP) is 1.04. The van der Waals surface area contributed by atoms with E-state index >= 15 is 14.4 Å². The van der Waals surface area contributed by atoms with Crippen LogP contribution in [0.4, 0.5) is 5.69 Å². The van der Waals surface area contributed by atoms with Crippen molar-refractivity contribution in [1.82, 2.24) is 36.8 Å². The maximum atomic E-state index is 15.0. The van der Waals surface area contributed by atoms with Gasteiger partial charge in [0.25, 0.3) is 5.91 Å². The number of anilines is 1. The standard InChI is InChI=1S/C59H64N8O14/c68-38-30-47-55(75)66-48(37-18-8-3-9-19-37)56(76)64-45(31-41-40-20-10-11-21-42(40)61-51(41)71)54(74)62-43(22-12-13-27-60-57(77)49(69)50(70)59(79)80)52(72)63-44(28-35-23-25-39(26-24-35)81-33-36-16-6-2-7-17-36)53(73)65-46(58(78)67(47)32-38)29-34-14-4-1-5-15-34/h1-11,14-21,23-26,38,41,43-50,68-70H,12-13,22,27-33H2,(H,60,77)(H,61,71)(H,62,74)(H,63,72)(H,64,76)(H,65,73)(H,66,75)(H,79,80)/t38?,41?,43-,44-,45+,46-,47-,48-,49?,50?/m0/s1. The zero-order chi connectivity index (χ0) is 57.6. The van der Waals surface area contributed by atoms with Gasteiger partial charge in [-0.1, -0.05) is 121 Å². The summed E-state index contributed by atoms with van der Waals surface area (Å²) in [6.45, 7) is -0.237. The molecule has 4 unspecified atom stereocenters. The van der Waals surface area contributed by atoms with Gasteiger partial charge in [-0.05, 0) is 71.7 Å². The van der Waals surface area contributed by atoms with E-state index in [1.807, 2.05) is 30.3 Å². The Hall–Kier alpha value is -8.99. The van der Waals surface area contributed by atoms with Gasteiger partial charge < -0.3 is 67.3 Å². The number of unbranched alkanes of at least 4 members (excludes halogenated alkanes) is 1. The van der Waals surface area contributed by atoms with E-state index in [-0.39, 0.29) is 70.2 Å². The summed E-state index contributed by atoms with van der Waals surface area (Å²) in [5.41, 5.74) is 3.34. The zero-order valence-corrected chi connectivity index (χ0v) is 43.9. The van der Waals surface area contributed by atoms with E-state index in [2.05, 4.69) is 37.2 Å². The lowest BCUT2D eigenvalue weighted by Gasteiger charge is -2.32. The van der Waals surface area contributed by atoms with Gasteiger partial charge in [-0.2, -0.15) is 0 Å². The van der Waals surface area contributed by atoms with Gasteiger partial charge in [0.15, 0.2) is 12.2 Å². The first kappa shape index (κ1) is 58.2. The second-order valence-corrected chi connectivity index (χ2v) is 20.2. The third-order valence-electron chi connectivity index (χ3n) is 14.4. The number of hydrogen-bond acceptors (Lipinski definition) is 13. The maximum Gasteiger partial charge on any atom is 0.335 e. The number of hydrogen-bond donors (Lipinski definition) is 11. The molecule has 3 aliphatic heterocycles. The molecule has 0 saturated carbocycles. The van der Waals surface area contributed by atoms with Crippen LogP contribution in [0.1, 0.15) is 71.9 Å². The number of rotatable bonds is 18. The van der Waals surface area contributed by atoms with Gasteiger partial charge in [-0.15, -0.1) is 0 Å². The van der Waals surface area contributed by atoms with Gasteiger partial charge >= 0.3 is 5.97 Å². The van der Waals surface area contributed by atoms with Gasteiger partial charge in [0.2, 0.25) is 41.4 Å². The van der Waals surface area contributed by atoms with Crippen molar-refractivity contribution in [3.8, 4) is 5.75 Å². The van der Waals surface area contributed by atoms with Gasteiger partial charge in [-0.25, -0.2) is 4.79 Å². The lowest BCUT2D eigenvalue weighted by Crippen LogP contribution is -2.61. The van der Waals surface area contributed by atoms with Crippen LogP contribution in [0.3, 0.4) is 0 Å². The Balaban J connectivity index is 1.16. The Morgan fingerprint density at radius 3 is 1.85 bits per heavy atom. The molecular formula is C59H64N8O14. The van der Waals surface area contributed by atoms with E-state index < -0.39 is 114 Å². The molecule has 22 heteroatoms. The third kappa shape index (κ3) is 15.2. The fraction of sp³-hybridized carbons (Fsp3) is 0.339. The van der Waals surface area contributed by atoms with Crippen molar-refractivity contribution in [2.45, 2.75) is 112 Å². The molecule has 11 N–H and O–H groups in total. The number of carboxylic acids is 1. The molecular weight excluding hydrogens is 1040 g/mol. The minimum absolute atomic E-state index is 0.0472. The van der Waals surface area contributed by atoms with Crippen molar-refractivity contribution in [2.24, 2.45) is 0 Å². The number of aliphatic hydroxyl groups excluding tert-OH is 3. The summed E-state index contributed by atoms with van der Waals surface area (Å²) >= 11 is 0. The first-order valence-electron chi connectivity index (χ1n) is 26.6. The molecule has 2 saturated heterocycles. The number of aliphatic carboxylic acids is 1. The number of nitrogens with one attached hydrogen (secondary N) is 7. The van der Waals surface area contributed by atoms with Crippen molar-refractivity contribution in [3.05, 3.63) is 167 Å². The fourth-order valence-corrected chi connectivity index (χ4v) is 10.0. The molecule has 424 valence electrons. The Kier molecular flexibility index (Phi) is 19.6. The number of nitrogens with zero attached hydrogens (tertiary/aromatic N) is 1. The van der Waals surface area contributed by atoms with Crippen LogP contribution in [0, 0.1) is 0 Å². The van der Waals surface area contributed by atoms with Crippen LogP contribution in [0.2, 0.25) is 0 Å². The van der Waals surface area contributed by atoms with Crippen molar-refractivity contribution in [2.75, 3.05) is 18.4 Å². The number of aliphatic hydroxyl groups is 3. The Morgan fingerprint density at radius 2 is 1.16 bits per heavy atom. The highest BCUT2D eigenvalue weighted by Crippen LogP contribution is 2.35. The molecule has 5 aromatic rings. The molecule has 10 atom stereocenters. The van der Waals surface area contributed by atoms with E-state index in [1.54, 1.807) is 109 Å². The van der Waals surface area contributed by atoms with Crippen LogP contribution in [0.5, 0.6) is 5.75 Å². The summed E-state index contributed by atoms with van der Waals surface area (Å²) in [5, 5.41) is 58.9. The SMILES string of the molecule is O=C1Nc2ccccc2C1C[C@H]1NC(=O)[C@H](c2ccccc2)NC(=O)[C@@H]2CC(O)CN2C(=O)[C@H](Cc2ccccc2)NC(=O)[C@H](Cc2ccc(OCc3ccccc3)cc2)NC(=O)[C@H](CCCCNC(=O)C(O)C(O)C(=O)O)NC1=O. The largest absolute Gasteiger partial charge is 0.489 e. The highest BCUT2D eigenvalue weighted by Gasteiger charge is 2.44. The van der Waals surface area contributed by atoms with Crippen LogP contribution in [0.15, 0.2) is 140 Å². The summed E-state index contributed by atoms with van der Waals surface area (Å²) in [6.07, 6.45) is -6.83. The molecule has 0 aromatic heterocycles. The van der Waals surface area contributed by atoms with E-state index in [0.29, 0.717) is 28.1 Å². The normalized spacial score (nSPS) is 23.3. The van der Waals surface area contributed by atoms with Crippen molar-refractivity contribution < 1.29 is 68.3 Å². The van der Waals surface area contributed by atoms with E-state index in [4.69, 9.17) is 9.84 Å². The average Bonchev–Trinajstić information content (AvgIpc) is 4.07. The van der Waals surface area contributed by atoms with E-state index in [9.17, 15) is 44.1 Å².